The first-order valence-corrected chi connectivity index (χ1v) is 9.35. The zero-order valence-corrected chi connectivity index (χ0v) is 16.7. The molecule has 0 saturated heterocycles. The lowest BCUT2D eigenvalue weighted by Gasteiger charge is -2.32. The van der Waals surface area contributed by atoms with Crippen molar-refractivity contribution in [3.8, 4) is 5.75 Å². The Labute approximate surface area is 172 Å². The van der Waals surface area contributed by atoms with Crippen LogP contribution in [0.4, 0.5) is 14.6 Å². The van der Waals surface area contributed by atoms with Crippen LogP contribution < -0.4 is 10.1 Å². The highest BCUT2D eigenvalue weighted by molar-refractivity contribution is 6.04. The topological polar surface area (TPSA) is 64.1 Å². The lowest BCUT2D eigenvalue weighted by atomic mass is 9.91. The van der Waals surface area contributed by atoms with Gasteiger partial charge in [-0.3, -0.25) is 9.78 Å². The Morgan fingerprint density at radius 1 is 1.03 bits per heavy atom. The number of aryl methyl sites for hydroxylation is 1. The molecule has 4 rings (SSSR count). The average Bonchev–Trinajstić information content (AvgIpc) is 2.68. The highest BCUT2D eigenvalue weighted by Gasteiger charge is 2.29. The third kappa shape index (κ3) is 3.66. The number of hydrogen-bond donors (Lipinski definition) is 1. The van der Waals surface area contributed by atoms with Crippen molar-refractivity contribution in [1.29, 1.82) is 0 Å². The zero-order valence-electron chi connectivity index (χ0n) is 16.7. The highest BCUT2D eigenvalue weighted by Crippen LogP contribution is 2.40. The molecule has 2 heterocycles. The molecule has 0 unspecified atom stereocenters. The summed E-state index contributed by atoms with van der Waals surface area (Å²) in [6.07, 6.45) is 4.82. The summed E-state index contributed by atoms with van der Waals surface area (Å²) in [7, 11) is 0. The van der Waals surface area contributed by atoms with Crippen LogP contribution in [-0.4, -0.2) is 21.5 Å². The van der Waals surface area contributed by atoms with Crippen LogP contribution in [0.25, 0.3) is 5.57 Å². The van der Waals surface area contributed by atoms with Gasteiger partial charge in [0.1, 0.15) is 28.5 Å². The number of fused-ring (bicyclic) bond motifs is 1. The number of rotatable bonds is 3. The van der Waals surface area contributed by atoms with E-state index in [-0.39, 0.29) is 5.82 Å². The van der Waals surface area contributed by atoms with Crippen molar-refractivity contribution < 1.29 is 18.3 Å². The number of anilines is 1. The molecule has 0 atom stereocenters. The van der Waals surface area contributed by atoms with Crippen molar-refractivity contribution in [3.05, 3.63) is 88.9 Å². The van der Waals surface area contributed by atoms with E-state index in [0.717, 1.165) is 34.6 Å². The Balaban J connectivity index is 1.64. The molecule has 0 fully saturated rings. The fourth-order valence-corrected chi connectivity index (χ4v) is 3.36. The predicted molar refractivity (Wildman–Crippen MR) is 109 cm³/mol. The molecule has 0 saturated carbocycles. The van der Waals surface area contributed by atoms with Crippen LogP contribution in [0.15, 0.2) is 54.9 Å². The quantitative estimate of drug-likeness (QED) is 0.670. The van der Waals surface area contributed by atoms with Gasteiger partial charge in [-0.15, -0.1) is 0 Å². The van der Waals surface area contributed by atoms with Crippen molar-refractivity contribution in [2.45, 2.75) is 26.4 Å². The molecule has 0 spiro atoms. The molecule has 1 aliphatic heterocycles. The number of carbonyl (C=O) groups excluding carboxylic acids is 1. The van der Waals surface area contributed by atoms with Gasteiger partial charge in [0, 0.05) is 11.1 Å². The lowest BCUT2D eigenvalue weighted by Crippen LogP contribution is -2.29. The van der Waals surface area contributed by atoms with Gasteiger partial charge in [0.2, 0.25) is 0 Å². The van der Waals surface area contributed by atoms with E-state index in [1.807, 2.05) is 45.0 Å². The van der Waals surface area contributed by atoms with E-state index in [0.29, 0.717) is 5.69 Å². The Morgan fingerprint density at radius 2 is 1.73 bits per heavy atom. The minimum atomic E-state index is -0.946. The Hall–Kier alpha value is -3.61. The smallest absolute Gasteiger partial charge is 0.262 e. The molecule has 5 nitrogen and oxygen atoms in total. The summed E-state index contributed by atoms with van der Waals surface area (Å²) in [5, 5.41) is 2.38. The maximum atomic E-state index is 13.8. The van der Waals surface area contributed by atoms with Crippen LogP contribution in [0.3, 0.4) is 0 Å². The molecule has 0 bridgehead atoms. The van der Waals surface area contributed by atoms with Crippen molar-refractivity contribution >= 4 is 17.3 Å². The summed E-state index contributed by atoms with van der Waals surface area (Å²) in [5.74, 6) is -1.95. The second kappa shape index (κ2) is 7.33. The van der Waals surface area contributed by atoms with Crippen LogP contribution in [0.5, 0.6) is 5.75 Å². The van der Waals surface area contributed by atoms with E-state index in [1.165, 1.54) is 18.5 Å². The van der Waals surface area contributed by atoms with Crippen LogP contribution in [0.2, 0.25) is 0 Å². The number of halogens is 2. The zero-order chi connectivity index (χ0) is 21.5. The molecule has 3 aromatic rings. The third-order valence-electron chi connectivity index (χ3n) is 4.72. The molecule has 0 aliphatic carbocycles. The molecule has 30 heavy (non-hydrogen) atoms. The SMILES string of the molecule is Cc1cccc2c1OC(C)(C)C=C2c1cnc(NC(=O)c2c(F)cccc2F)cn1. The van der Waals surface area contributed by atoms with Gasteiger partial charge in [0.25, 0.3) is 5.91 Å². The molecule has 1 amide bonds. The number of hydrogen-bond acceptors (Lipinski definition) is 4. The van der Waals surface area contributed by atoms with Crippen LogP contribution >= 0.6 is 0 Å². The molecule has 1 N–H and O–H groups in total. The summed E-state index contributed by atoms with van der Waals surface area (Å²) in [6.45, 7) is 5.88. The number of para-hydroxylation sites is 1. The van der Waals surface area contributed by atoms with Crippen molar-refractivity contribution in [3.63, 3.8) is 0 Å². The van der Waals surface area contributed by atoms with Gasteiger partial charge in [-0.2, -0.15) is 0 Å². The van der Waals surface area contributed by atoms with Crippen molar-refractivity contribution in [2.75, 3.05) is 5.32 Å². The number of ether oxygens (including phenoxy) is 1. The number of nitrogens with zero attached hydrogens (tertiary/aromatic N) is 2. The molecular weight excluding hydrogens is 388 g/mol. The molecule has 1 aliphatic rings. The summed E-state index contributed by atoms with van der Waals surface area (Å²) in [6, 6.07) is 9.09. The summed E-state index contributed by atoms with van der Waals surface area (Å²) < 4.78 is 33.7. The summed E-state index contributed by atoms with van der Waals surface area (Å²) in [4.78, 5) is 20.8. The second-order valence-corrected chi connectivity index (χ2v) is 7.55. The van der Waals surface area contributed by atoms with Gasteiger partial charge in [0.15, 0.2) is 5.82 Å². The number of benzene rings is 2. The predicted octanol–water partition coefficient (Wildman–Crippen LogP) is 4.92. The normalized spacial score (nSPS) is 14.4. The third-order valence-corrected chi connectivity index (χ3v) is 4.72. The number of nitrogens with one attached hydrogen (secondary N) is 1. The van der Waals surface area contributed by atoms with Crippen molar-refractivity contribution in [2.24, 2.45) is 0 Å². The maximum Gasteiger partial charge on any atom is 0.262 e. The van der Waals surface area contributed by atoms with E-state index < -0.39 is 28.7 Å². The van der Waals surface area contributed by atoms with Gasteiger partial charge >= 0.3 is 0 Å². The van der Waals surface area contributed by atoms with E-state index in [4.69, 9.17) is 4.74 Å². The first-order chi connectivity index (χ1) is 14.2. The van der Waals surface area contributed by atoms with Gasteiger partial charge < -0.3 is 10.1 Å². The largest absolute Gasteiger partial charge is 0.483 e. The summed E-state index contributed by atoms with van der Waals surface area (Å²) in [5.41, 5.74) is 2.15. The average molecular weight is 407 g/mol. The molecule has 0 radical (unpaired) electrons. The Bertz CT molecular complexity index is 1150. The fraction of sp³-hybridized carbons (Fsp3) is 0.174. The number of aromatic nitrogens is 2. The van der Waals surface area contributed by atoms with E-state index in [9.17, 15) is 13.6 Å². The van der Waals surface area contributed by atoms with Crippen molar-refractivity contribution in [1.82, 2.24) is 9.97 Å². The monoisotopic (exact) mass is 407 g/mol. The lowest BCUT2D eigenvalue weighted by molar-refractivity contribution is 0.101. The maximum absolute atomic E-state index is 13.8. The van der Waals surface area contributed by atoms with Crippen LogP contribution in [0, 0.1) is 18.6 Å². The first-order valence-electron chi connectivity index (χ1n) is 9.35. The Kier molecular flexibility index (Phi) is 4.81. The number of amides is 1. The van der Waals surface area contributed by atoms with Gasteiger partial charge in [-0.25, -0.2) is 13.8 Å². The van der Waals surface area contributed by atoms with E-state index >= 15 is 0 Å². The summed E-state index contributed by atoms with van der Waals surface area (Å²) >= 11 is 0. The van der Waals surface area contributed by atoms with Crippen LogP contribution in [-0.2, 0) is 0 Å². The minimum Gasteiger partial charge on any atom is -0.483 e. The van der Waals surface area contributed by atoms with Gasteiger partial charge in [-0.1, -0.05) is 24.3 Å². The Morgan fingerprint density at radius 3 is 2.40 bits per heavy atom. The molecular formula is C23H19F2N3O2. The fourth-order valence-electron chi connectivity index (χ4n) is 3.36. The van der Waals surface area contributed by atoms with E-state index in [1.54, 1.807) is 0 Å². The molecule has 1 aromatic heterocycles. The first kappa shape index (κ1) is 19.7. The molecule has 7 heteroatoms. The van der Waals surface area contributed by atoms with Gasteiger partial charge in [-0.05, 0) is 44.5 Å². The van der Waals surface area contributed by atoms with Crippen LogP contribution in [0.1, 0.15) is 41.0 Å². The highest BCUT2D eigenvalue weighted by atomic mass is 19.1. The molecule has 2 aromatic carbocycles. The van der Waals surface area contributed by atoms with E-state index in [2.05, 4.69) is 15.3 Å². The molecule has 152 valence electrons. The number of carbonyl (C=O) groups is 1. The minimum absolute atomic E-state index is 0.0859. The second-order valence-electron chi connectivity index (χ2n) is 7.55. The van der Waals surface area contributed by atoms with Gasteiger partial charge in [0.05, 0.1) is 18.1 Å². The standard InChI is InChI=1S/C23H19F2N3O2/c1-13-6-4-7-14-15(10-23(2,3)30-21(13)14)18-11-27-19(12-26-18)28-22(29)20-16(24)8-5-9-17(20)25/h4-12H,1-3H3,(H,27,28,29).